The number of rotatable bonds is 2. The molecule has 1 aromatic heterocycles. The molecule has 0 bridgehead atoms. The van der Waals surface area contributed by atoms with Gasteiger partial charge in [0.2, 0.25) is 0 Å². The second-order valence-corrected chi connectivity index (χ2v) is 4.64. The fourth-order valence-electron chi connectivity index (χ4n) is 2.34. The summed E-state index contributed by atoms with van der Waals surface area (Å²) in [6.07, 6.45) is 4.38. The zero-order chi connectivity index (χ0) is 13.9. The van der Waals surface area contributed by atoms with E-state index in [1.807, 2.05) is 6.07 Å². The van der Waals surface area contributed by atoms with E-state index in [9.17, 15) is 4.79 Å². The number of fused-ring (bicyclic) bond motifs is 1. The van der Waals surface area contributed by atoms with Crippen LogP contribution in [-0.4, -0.2) is 15.9 Å². The number of nitrogens with one attached hydrogen (secondary N) is 1. The molecule has 1 aliphatic carbocycles. The van der Waals surface area contributed by atoms with Gasteiger partial charge in [-0.15, -0.1) is 0 Å². The minimum atomic E-state index is -0.220. The van der Waals surface area contributed by atoms with Crippen molar-refractivity contribution in [2.45, 2.75) is 19.3 Å². The van der Waals surface area contributed by atoms with Gasteiger partial charge in [0.1, 0.15) is 12.1 Å². The van der Waals surface area contributed by atoms with Crippen LogP contribution in [0.1, 0.15) is 33.6 Å². The summed E-state index contributed by atoms with van der Waals surface area (Å²) in [5, 5.41) is 11.6. The number of amides is 1. The number of nitrogens with zero attached hydrogens (tertiary/aromatic N) is 3. The molecule has 1 aliphatic rings. The average molecular weight is 264 g/mol. The second-order valence-electron chi connectivity index (χ2n) is 4.64. The highest BCUT2D eigenvalue weighted by Gasteiger charge is 2.18. The van der Waals surface area contributed by atoms with E-state index < -0.39 is 0 Å². The van der Waals surface area contributed by atoms with Crippen LogP contribution in [0.2, 0.25) is 0 Å². The van der Waals surface area contributed by atoms with Crippen LogP contribution in [0, 0.1) is 11.3 Å². The normalized spacial score (nSPS) is 12.6. The van der Waals surface area contributed by atoms with E-state index in [0.29, 0.717) is 16.9 Å². The molecule has 0 unspecified atom stereocenters. The first-order valence-electron chi connectivity index (χ1n) is 6.42. The largest absolute Gasteiger partial charge is 0.306 e. The Morgan fingerprint density at radius 2 is 2.00 bits per heavy atom. The molecule has 1 amide bonds. The summed E-state index contributed by atoms with van der Waals surface area (Å²) in [5.74, 6) is 0.379. The van der Waals surface area contributed by atoms with E-state index in [0.717, 1.165) is 30.5 Å². The third kappa shape index (κ3) is 2.24. The maximum atomic E-state index is 12.2. The summed E-state index contributed by atoms with van der Waals surface area (Å²) in [7, 11) is 0. The van der Waals surface area contributed by atoms with E-state index in [2.05, 4.69) is 15.3 Å². The molecule has 1 heterocycles. The first-order valence-corrected chi connectivity index (χ1v) is 6.42. The highest BCUT2D eigenvalue weighted by Crippen LogP contribution is 2.25. The maximum Gasteiger partial charge on any atom is 0.256 e. The zero-order valence-electron chi connectivity index (χ0n) is 10.8. The maximum absolute atomic E-state index is 12.2. The molecule has 0 saturated carbocycles. The first-order chi connectivity index (χ1) is 9.78. The monoisotopic (exact) mass is 264 g/mol. The summed E-state index contributed by atoms with van der Waals surface area (Å²) in [4.78, 5) is 20.5. The van der Waals surface area contributed by atoms with Crippen LogP contribution in [0.5, 0.6) is 0 Å². The topological polar surface area (TPSA) is 78.7 Å². The van der Waals surface area contributed by atoms with Crippen molar-refractivity contribution in [1.82, 2.24) is 9.97 Å². The summed E-state index contributed by atoms with van der Waals surface area (Å²) >= 11 is 0. The second kappa shape index (κ2) is 5.10. The molecular formula is C15H12N4O. The molecule has 1 aromatic carbocycles. The third-order valence-corrected chi connectivity index (χ3v) is 3.38. The molecule has 0 saturated heterocycles. The van der Waals surface area contributed by atoms with Crippen LogP contribution < -0.4 is 5.32 Å². The molecule has 5 heteroatoms. The summed E-state index contributed by atoms with van der Waals surface area (Å²) < 4.78 is 0. The van der Waals surface area contributed by atoms with Crippen molar-refractivity contribution in [3.63, 3.8) is 0 Å². The van der Waals surface area contributed by atoms with Crippen LogP contribution in [0.3, 0.4) is 0 Å². The Morgan fingerprint density at radius 3 is 2.75 bits per heavy atom. The molecular weight excluding hydrogens is 252 g/mol. The van der Waals surface area contributed by atoms with Gasteiger partial charge < -0.3 is 5.32 Å². The van der Waals surface area contributed by atoms with Gasteiger partial charge in [-0.25, -0.2) is 9.97 Å². The van der Waals surface area contributed by atoms with E-state index in [4.69, 9.17) is 5.26 Å². The summed E-state index contributed by atoms with van der Waals surface area (Å²) in [6, 6.07) is 8.54. The Kier molecular flexibility index (Phi) is 3.13. The third-order valence-electron chi connectivity index (χ3n) is 3.38. The van der Waals surface area contributed by atoms with Gasteiger partial charge in [-0.2, -0.15) is 5.26 Å². The van der Waals surface area contributed by atoms with Crippen LogP contribution in [0.4, 0.5) is 5.82 Å². The summed E-state index contributed by atoms with van der Waals surface area (Å²) in [5.41, 5.74) is 3.10. The predicted octanol–water partition coefficient (Wildman–Crippen LogP) is 2.09. The molecule has 0 atom stereocenters. The minimum absolute atomic E-state index is 0.220. The molecule has 1 N–H and O–H groups in total. The van der Waals surface area contributed by atoms with Crippen molar-refractivity contribution in [2.75, 3.05) is 5.32 Å². The van der Waals surface area contributed by atoms with E-state index >= 15 is 0 Å². The lowest BCUT2D eigenvalue weighted by Gasteiger charge is -2.08. The Bertz CT molecular complexity index is 701. The standard InChI is InChI=1S/C15H12N4O/c16-8-10-4-6-11(7-5-10)15(20)19-14-12-2-1-3-13(12)17-9-18-14/h4-7,9H,1-3H2,(H,17,18,19,20). The van der Waals surface area contributed by atoms with Crippen molar-refractivity contribution >= 4 is 11.7 Å². The lowest BCUT2D eigenvalue weighted by molar-refractivity contribution is 0.102. The molecule has 98 valence electrons. The fraction of sp³-hybridized carbons (Fsp3) is 0.200. The van der Waals surface area contributed by atoms with Crippen molar-refractivity contribution in [2.24, 2.45) is 0 Å². The highest BCUT2D eigenvalue weighted by molar-refractivity contribution is 6.04. The Hall–Kier alpha value is -2.74. The van der Waals surface area contributed by atoms with E-state index in [-0.39, 0.29) is 5.91 Å². The van der Waals surface area contributed by atoms with Crippen LogP contribution in [0.15, 0.2) is 30.6 Å². The quantitative estimate of drug-likeness (QED) is 0.900. The van der Waals surface area contributed by atoms with Crippen LogP contribution >= 0.6 is 0 Å². The lowest BCUT2D eigenvalue weighted by atomic mass is 10.1. The number of carbonyl (C=O) groups excluding carboxylic acids is 1. The molecule has 0 fully saturated rings. The van der Waals surface area contributed by atoms with Gasteiger partial charge in [0.15, 0.2) is 0 Å². The van der Waals surface area contributed by atoms with E-state index in [1.165, 1.54) is 6.33 Å². The SMILES string of the molecule is N#Cc1ccc(C(=O)Nc2ncnc3c2CCC3)cc1. The number of carbonyl (C=O) groups is 1. The number of nitriles is 1. The van der Waals surface area contributed by atoms with Crippen molar-refractivity contribution in [3.8, 4) is 6.07 Å². The first kappa shape index (κ1) is 12.3. The van der Waals surface area contributed by atoms with E-state index in [1.54, 1.807) is 24.3 Å². The Balaban J connectivity index is 1.83. The van der Waals surface area contributed by atoms with Gasteiger partial charge in [-0.1, -0.05) is 0 Å². The van der Waals surface area contributed by atoms with Gasteiger partial charge in [0.25, 0.3) is 5.91 Å². The number of aromatic nitrogens is 2. The highest BCUT2D eigenvalue weighted by atomic mass is 16.1. The summed E-state index contributed by atoms with van der Waals surface area (Å²) in [6.45, 7) is 0. The number of aryl methyl sites for hydroxylation is 1. The van der Waals surface area contributed by atoms with Crippen molar-refractivity contribution < 1.29 is 4.79 Å². The van der Waals surface area contributed by atoms with Crippen molar-refractivity contribution in [3.05, 3.63) is 53.0 Å². The van der Waals surface area contributed by atoms with Gasteiger partial charge in [-0.05, 0) is 43.5 Å². The molecule has 20 heavy (non-hydrogen) atoms. The van der Waals surface area contributed by atoms with Gasteiger partial charge >= 0.3 is 0 Å². The number of benzene rings is 1. The smallest absolute Gasteiger partial charge is 0.256 e. The Morgan fingerprint density at radius 1 is 1.20 bits per heavy atom. The predicted molar refractivity (Wildman–Crippen MR) is 73.2 cm³/mol. The molecule has 3 rings (SSSR count). The molecule has 5 nitrogen and oxygen atoms in total. The van der Waals surface area contributed by atoms with Gasteiger partial charge in [0, 0.05) is 16.8 Å². The number of hydrogen-bond donors (Lipinski definition) is 1. The van der Waals surface area contributed by atoms with Crippen LogP contribution in [-0.2, 0) is 12.8 Å². The molecule has 0 radical (unpaired) electrons. The molecule has 0 spiro atoms. The molecule has 2 aromatic rings. The zero-order valence-corrected chi connectivity index (χ0v) is 10.8. The van der Waals surface area contributed by atoms with Crippen LogP contribution in [0.25, 0.3) is 0 Å². The number of hydrogen-bond acceptors (Lipinski definition) is 4. The number of anilines is 1. The average Bonchev–Trinajstić information content (AvgIpc) is 2.97. The fourth-order valence-corrected chi connectivity index (χ4v) is 2.34. The molecule has 0 aliphatic heterocycles. The lowest BCUT2D eigenvalue weighted by Crippen LogP contribution is -2.14. The minimum Gasteiger partial charge on any atom is -0.306 e. The van der Waals surface area contributed by atoms with Gasteiger partial charge in [-0.3, -0.25) is 4.79 Å². The van der Waals surface area contributed by atoms with Crippen molar-refractivity contribution in [1.29, 1.82) is 5.26 Å². The van der Waals surface area contributed by atoms with Gasteiger partial charge in [0.05, 0.1) is 11.6 Å². The Labute approximate surface area is 116 Å².